The van der Waals surface area contributed by atoms with Gasteiger partial charge in [0.25, 0.3) is 5.91 Å². The Morgan fingerprint density at radius 2 is 2.22 bits per heavy atom. The Labute approximate surface area is 112 Å². The minimum Gasteiger partial charge on any atom is -0.396 e. The summed E-state index contributed by atoms with van der Waals surface area (Å²) in [4.78, 5) is 14.2. The average Bonchev–Trinajstić information content (AvgIpc) is 2.39. The van der Waals surface area contributed by atoms with Gasteiger partial charge in [0.1, 0.15) is 0 Å². The number of piperidine rings is 1. The fourth-order valence-corrected chi connectivity index (χ4v) is 2.69. The zero-order valence-corrected chi connectivity index (χ0v) is 11.1. The summed E-state index contributed by atoms with van der Waals surface area (Å²) in [6.07, 6.45) is 2.86. The smallest absolute Gasteiger partial charge is 0.255 e. The highest BCUT2D eigenvalue weighted by molar-refractivity contribution is 6.33. The predicted molar refractivity (Wildman–Crippen MR) is 71.8 cm³/mol. The number of amides is 1. The number of benzene rings is 1. The first-order chi connectivity index (χ1) is 8.72. The Bertz CT molecular complexity index is 420. The van der Waals surface area contributed by atoms with Crippen LogP contribution in [0.15, 0.2) is 24.3 Å². The predicted octanol–water partition coefficient (Wildman–Crippen LogP) is 2.57. The molecular weight excluding hydrogens is 250 g/mol. The minimum atomic E-state index is 0.00300. The number of aliphatic hydroxyl groups excluding tert-OH is 1. The van der Waals surface area contributed by atoms with E-state index in [1.807, 2.05) is 17.0 Å². The lowest BCUT2D eigenvalue weighted by atomic mass is 9.94. The average molecular weight is 268 g/mol. The fraction of sp³-hybridized carbons (Fsp3) is 0.500. The van der Waals surface area contributed by atoms with Gasteiger partial charge in [0.15, 0.2) is 0 Å². The van der Waals surface area contributed by atoms with Crippen molar-refractivity contribution in [1.29, 1.82) is 0 Å². The third kappa shape index (κ3) is 3.03. The van der Waals surface area contributed by atoms with E-state index in [0.717, 1.165) is 32.4 Å². The van der Waals surface area contributed by atoms with Crippen LogP contribution in [-0.2, 0) is 0 Å². The van der Waals surface area contributed by atoms with Crippen molar-refractivity contribution in [2.45, 2.75) is 19.3 Å². The van der Waals surface area contributed by atoms with Crippen LogP contribution in [0.1, 0.15) is 29.6 Å². The lowest BCUT2D eigenvalue weighted by molar-refractivity contribution is 0.0654. The number of carbonyl (C=O) groups excluding carboxylic acids is 1. The number of aliphatic hydroxyl groups is 1. The molecule has 1 aromatic carbocycles. The molecule has 1 aromatic rings. The maximum atomic E-state index is 12.3. The maximum absolute atomic E-state index is 12.3. The van der Waals surface area contributed by atoms with E-state index < -0.39 is 0 Å². The molecule has 1 amide bonds. The Morgan fingerprint density at radius 1 is 1.44 bits per heavy atom. The van der Waals surface area contributed by atoms with Crippen molar-refractivity contribution in [1.82, 2.24) is 4.90 Å². The van der Waals surface area contributed by atoms with Crippen LogP contribution >= 0.6 is 11.6 Å². The van der Waals surface area contributed by atoms with E-state index in [4.69, 9.17) is 16.7 Å². The van der Waals surface area contributed by atoms with Gasteiger partial charge < -0.3 is 10.0 Å². The molecule has 0 radical (unpaired) electrons. The molecule has 2 rings (SSSR count). The highest BCUT2D eigenvalue weighted by Crippen LogP contribution is 2.23. The number of likely N-dealkylation sites (tertiary alicyclic amines) is 1. The van der Waals surface area contributed by atoms with Crippen LogP contribution in [0.3, 0.4) is 0 Å². The number of hydrogen-bond acceptors (Lipinski definition) is 2. The molecule has 3 nitrogen and oxygen atoms in total. The minimum absolute atomic E-state index is 0.00300. The second-order valence-electron chi connectivity index (χ2n) is 4.75. The van der Waals surface area contributed by atoms with Crippen molar-refractivity contribution < 1.29 is 9.90 Å². The monoisotopic (exact) mass is 267 g/mol. The zero-order chi connectivity index (χ0) is 13.0. The third-order valence-electron chi connectivity index (χ3n) is 3.45. The van der Waals surface area contributed by atoms with Crippen LogP contribution < -0.4 is 0 Å². The summed E-state index contributed by atoms with van der Waals surface area (Å²) in [5, 5.41) is 9.49. The molecule has 0 aromatic heterocycles. The highest BCUT2D eigenvalue weighted by atomic mass is 35.5. The molecule has 98 valence electrons. The first-order valence-corrected chi connectivity index (χ1v) is 6.75. The summed E-state index contributed by atoms with van der Waals surface area (Å²) in [6, 6.07) is 7.16. The second-order valence-corrected chi connectivity index (χ2v) is 5.16. The van der Waals surface area contributed by atoms with E-state index in [1.54, 1.807) is 12.1 Å². The van der Waals surface area contributed by atoms with Gasteiger partial charge in [-0.25, -0.2) is 0 Å². The van der Waals surface area contributed by atoms with Gasteiger partial charge in [-0.2, -0.15) is 0 Å². The lowest BCUT2D eigenvalue weighted by Crippen LogP contribution is -2.40. The van der Waals surface area contributed by atoms with Gasteiger partial charge in [-0.1, -0.05) is 23.7 Å². The third-order valence-corrected chi connectivity index (χ3v) is 3.78. The van der Waals surface area contributed by atoms with Crippen LogP contribution in [0, 0.1) is 5.92 Å². The van der Waals surface area contributed by atoms with Gasteiger partial charge in [0, 0.05) is 19.7 Å². The standard InChI is InChI=1S/C14H18ClNO2/c15-13-6-2-1-5-12(13)14(18)16-8-3-4-11(10-16)7-9-17/h1-2,5-6,11,17H,3-4,7-10H2. The Kier molecular flexibility index (Phi) is 4.61. The molecule has 1 atom stereocenters. The van der Waals surface area contributed by atoms with Gasteiger partial charge >= 0.3 is 0 Å². The van der Waals surface area contributed by atoms with E-state index in [1.165, 1.54) is 0 Å². The number of carbonyl (C=O) groups is 1. The van der Waals surface area contributed by atoms with Gasteiger partial charge in [-0.15, -0.1) is 0 Å². The van der Waals surface area contributed by atoms with Crippen molar-refractivity contribution >= 4 is 17.5 Å². The SMILES string of the molecule is O=C(c1ccccc1Cl)N1CCCC(CCO)C1. The maximum Gasteiger partial charge on any atom is 0.255 e. The van der Waals surface area contributed by atoms with Crippen LogP contribution in [0.4, 0.5) is 0 Å². The van der Waals surface area contributed by atoms with Crippen molar-refractivity contribution in [3.05, 3.63) is 34.9 Å². The van der Waals surface area contributed by atoms with Crippen molar-refractivity contribution in [3.63, 3.8) is 0 Å². The van der Waals surface area contributed by atoms with E-state index in [0.29, 0.717) is 16.5 Å². The first kappa shape index (κ1) is 13.4. The molecule has 0 bridgehead atoms. The van der Waals surface area contributed by atoms with E-state index in [-0.39, 0.29) is 12.5 Å². The number of rotatable bonds is 3. The lowest BCUT2D eigenvalue weighted by Gasteiger charge is -2.32. The highest BCUT2D eigenvalue weighted by Gasteiger charge is 2.25. The van der Waals surface area contributed by atoms with Gasteiger partial charge in [-0.3, -0.25) is 4.79 Å². The summed E-state index contributed by atoms with van der Waals surface area (Å²) in [6.45, 7) is 1.70. The summed E-state index contributed by atoms with van der Waals surface area (Å²) in [7, 11) is 0. The molecule has 0 saturated carbocycles. The molecule has 1 aliphatic rings. The molecule has 0 aliphatic carbocycles. The summed E-state index contributed by atoms with van der Waals surface area (Å²) < 4.78 is 0. The van der Waals surface area contributed by atoms with Crippen LogP contribution in [-0.4, -0.2) is 35.6 Å². The van der Waals surface area contributed by atoms with Gasteiger partial charge in [0.05, 0.1) is 10.6 Å². The first-order valence-electron chi connectivity index (χ1n) is 6.37. The molecule has 1 heterocycles. The topological polar surface area (TPSA) is 40.5 Å². The van der Waals surface area contributed by atoms with Gasteiger partial charge in [-0.05, 0) is 37.3 Å². The molecular formula is C14H18ClNO2. The number of nitrogens with zero attached hydrogens (tertiary/aromatic N) is 1. The second kappa shape index (κ2) is 6.21. The Morgan fingerprint density at radius 3 is 2.94 bits per heavy atom. The quantitative estimate of drug-likeness (QED) is 0.914. The van der Waals surface area contributed by atoms with Crippen molar-refractivity contribution in [3.8, 4) is 0 Å². The van der Waals surface area contributed by atoms with Crippen molar-refractivity contribution in [2.24, 2.45) is 5.92 Å². The summed E-state index contributed by atoms with van der Waals surface area (Å²) in [5.41, 5.74) is 0.573. The van der Waals surface area contributed by atoms with Crippen molar-refractivity contribution in [2.75, 3.05) is 19.7 Å². The molecule has 0 spiro atoms. The van der Waals surface area contributed by atoms with E-state index in [2.05, 4.69) is 0 Å². The largest absolute Gasteiger partial charge is 0.396 e. The van der Waals surface area contributed by atoms with Gasteiger partial charge in [0.2, 0.25) is 0 Å². The molecule has 1 saturated heterocycles. The number of hydrogen-bond donors (Lipinski definition) is 1. The van der Waals surface area contributed by atoms with E-state index in [9.17, 15) is 4.79 Å². The Hall–Kier alpha value is -1.06. The fourth-order valence-electron chi connectivity index (χ4n) is 2.47. The molecule has 4 heteroatoms. The zero-order valence-electron chi connectivity index (χ0n) is 10.3. The summed E-state index contributed by atoms with van der Waals surface area (Å²) in [5.74, 6) is 0.415. The molecule has 1 fully saturated rings. The summed E-state index contributed by atoms with van der Waals surface area (Å²) >= 11 is 6.05. The molecule has 18 heavy (non-hydrogen) atoms. The molecule has 1 unspecified atom stereocenters. The normalized spacial score (nSPS) is 19.9. The number of halogens is 1. The van der Waals surface area contributed by atoms with E-state index >= 15 is 0 Å². The van der Waals surface area contributed by atoms with Crippen LogP contribution in [0.2, 0.25) is 5.02 Å². The Balaban J connectivity index is 2.07. The molecule has 1 N–H and O–H groups in total. The van der Waals surface area contributed by atoms with Crippen LogP contribution in [0.5, 0.6) is 0 Å². The molecule has 1 aliphatic heterocycles. The van der Waals surface area contributed by atoms with Crippen LogP contribution in [0.25, 0.3) is 0 Å².